The van der Waals surface area contributed by atoms with Crippen molar-refractivity contribution in [2.24, 2.45) is 5.73 Å². The Balaban J connectivity index is 1.93. The Morgan fingerprint density at radius 2 is 2.24 bits per heavy atom. The third-order valence-electron chi connectivity index (χ3n) is 3.37. The minimum Gasteiger partial charge on any atom is -0.480 e. The molecule has 0 aliphatic carbocycles. The molecular weight excluding hydrogens is 294 g/mol. The average Bonchev–Trinajstić information content (AvgIpc) is 2.89. The molecule has 0 unspecified atom stereocenters. The number of hydrogen-bond donors (Lipinski definition) is 3. The van der Waals surface area contributed by atoms with Gasteiger partial charge in [-0.15, -0.1) is 11.3 Å². The number of amides is 3. The number of nitrogens with one attached hydrogen (secondary N) is 1. The fraction of sp³-hybridized carbons (Fsp3) is 0.462. The van der Waals surface area contributed by atoms with Crippen molar-refractivity contribution in [2.45, 2.75) is 31.8 Å². The lowest BCUT2D eigenvalue weighted by molar-refractivity contribution is -0.139. The second-order valence-electron chi connectivity index (χ2n) is 4.89. The Morgan fingerprint density at radius 3 is 2.90 bits per heavy atom. The van der Waals surface area contributed by atoms with Crippen LogP contribution in [0.5, 0.6) is 0 Å². The Labute approximate surface area is 125 Å². The second-order valence-corrected chi connectivity index (χ2v) is 5.89. The molecule has 4 N–H and O–H groups in total. The standard InChI is InChI=1S/C13H17N3O4S/c14-11(17)2-1-9(12(18)19)15-13(20)16-5-3-10-8(7-16)4-6-21-10/h4,6,9H,1-3,5,7H2,(H2,14,17)(H,15,20)(H,18,19)/t9-/m0/s1. The zero-order valence-corrected chi connectivity index (χ0v) is 12.2. The molecule has 7 nitrogen and oxygen atoms in total. The zero-order chi connectivity index (χ0) is 15.4. The summed E-state index contributed by atoms with van der Waals surface area (Å²) in [7, 11) is 0. The molecule has 0 saturated heterocycles. The van der Waals surface area contributed by atoms with Crippen LogP contribution in [-0.2, 0) is 22.6 Å². The van der Waals surface area contributed by atoms with Crippen LogP contribution in [0.25, 0.3) is 0 Å². The highest BCUT2D eigenvalue weighted by Gasteiger charge is 2.26. The highest BCUT2D eigenvalue weighted by molar-refractivity contribution is 7.10. The van der Waals surface area contributed by atoms with Crippen molar-refractivity contribution in [1.29, 1.82) is 0 Å². The number of primary amides is 1. The van der Waals surface area contributed by atoms with E-state index in [-0.39, 0.29) is 12.8 Å². The van der Waals surface area contributed by atoms with Crippen molar-refractivity contribution in [1.82, 2.24) is 10.2 Å². The van der Waals surface area contributed by atoms with Crippen LogP contribution in [0.1, 0.15) is 23.3 Å². The Hall–Kier alpha value is -2.09. The van der Waals surface area contributed by atoms with Gasteiger partial charge in [-0.2, -0.15) is 0 Å². The van der Waals surface area contributed by atoms with Crippen molar-refractivity contribution >= 4 is 29.2 Å². The number of aliphatic carboxylic acids is 1. The fourth-order valence-electron chi connectivity index (χ4n) is 2.21. The molecule has 114 valence electrons. The summed E-state index contributed by atoms with van der Waals surface area (Å²) in [5.41, 5.74) is 6.10. The van der Waals surface area contributed by atoms with E-state index >= 15 is 0 Å². The van der Waals surface area contributed by atoms with Gasteiger partial charge in [-0.25, -0.2) is 9.59 Å². The predicted molar refractivity (Wildman–Crippen MR) is 76.8 cm³/mol. The maximum atomic E-state index is 12.1. The van der Waals surface area contributed by atoms with Crippen LogP contribution in [0, 0.1) is 0 Å². The minimum absolute atomic E-state index is 0.00600. The molecule has 0 fully saturated rings. The van der Waals surface area contributed by atoms with Gasteiger partial charge in [0.1, 0.15) is 6.04 Å². The van der Waals surface area contributed by atoms with Gasteiger partial charge in [0.15, 0.2) is 0 Å². The average molecular weight is 311 g/mol. The van der Waals surface area contributed by atoms with E-state index in [1.807, 2.05) is 11.4 Å². The zero-order valence-electron chi connectivity index (χ0n) is 11.4. The van der Waals surface area contributed by atoms with Crippen LogP contribution in [0.2, 0.25) is 0 Å². The van der Waals surface area contributed by atoms with E-state index in [0.29, 0.717) is 13.1 Å². The van der Waals surface area contributed by atoms with Crippen molar-refractivity contribution in [2.75, 3.05) is 6.54 Å². The van der Waals surface area contributed by atoms with Crippen LogP contribution in [0.4, 0.5) is 4.79 Å². The third kappa shape index (κ3) is 3.94. The summed E-state index contributed by atoms with van der Waals surface area (Å²) < 4.78 is 0. The molecule has 0 aromatic carbocycles. The van der Waals surface area contributed by atoms with Gasteiger partial charge in [0, 0.05) is 24.4 Å². The topological polar surface area (TPSA) is 113 Å². The molecule has 1 aromatic heterocycles. The summed E-state index contributed by atoms with van der Waals surface area (Å²) in [5.74, 6) is -1.76. The molecule has 0 radical (unpaired) electrons. The number of carboxylic acid groups (broad SMARTS) is 1. The molecule has 8 heteroatoms. The number of hydrogen-bond acceptors (Lipinski definition) is 4. The first-order chi connectivity index (χ1) is 9.97. The largest absolute Gasteiger partial charge is 0.480 e. The maximum Gasteiger partial charge on any atom is 0.326 e. The summed E-state index contributed by atoms with van der Waals surface area (Å²) in [4.78, 5) is 36.8. The van der Waals surface area contributed by atoms with Gasteiger partial charge in [-0.1, -0.05) is 0 Å². The van der Waals surface area contributed by atoms with Crippen LogP contribution < -0.4 is 11.1 Å². The molecule has 1 aliphatic heterocycles. The fourth-order valence-corrected chi connectivity index (χ4v) is 3.10. The van der Waals surface area contributed by atoms with Crippen molar-refractivity contribution in [3.8, 4) is 0 Å². The highest BCUT2D eigenvalue weighted by atomic mass is 32.1. The number of fused-ring (bicyclic) bond motifs is 1. The Kier molecular flexibility index (Phi) is 4.79. The van der Waals surface area contributed by atoms with Crippen LogP contribution in [0.3, 0.4) is 0 Å². The monoisotopic (exact) mass is 311 g/mol. The van der Waals surface area contributed by atoms with Gasteiger partial charge in [-0.3, -0.25) is 4.79 Å². The molecule has 0 bridgehead atoms. The second kappa shape index (κ2) is 6.57. The number of thiophene rings is 1. The highest BCUT2D eigenvalue weighted by Crippen LogP contribution is 2.23. The van der Waals surface area contributed by atoms with Crippen LogP contribution in [-0.4, -0.2) is 40.5 Å². The SMILES string of the molecule is NC(=O)CC[C@H](NC(=O)N1CCc2sccc2C1)C(=O)O. The summed E-state index contributed by atoms with van der Waals surface area (Å²) in [6.45, 7) is 1.04. The molecule has 2 rings (SSSR count). The number of rotatable bonds is 5. The lowest BCUT2D eigenvalue weighted by atomic mass is 10.1. The first kappa shape index (κ1) is 15.3. The lowest BCUT2D eigenvalue weighted by Gasteiger charge is -2.28. The molecule has 0 spiro atoms. The summed E-state index contributed by atoms with van der Waals surface area (Å²) in [6, 6.07) is 0.443. The van der Waals surface area contributed by atoms with E-state index < -0.39 is 23.9 Å². The van der Waals surface area contributed by atoms with Gasteiger partial charge >= 0.3 is 12.0 Å². The Morgan fingerprint density at radius 1 is 1.48 bits per heavy atom. The van der Waals surface area contributed by atoms with E-state index in [1.165, 1.54) is 4.88 Å². The van der Waals surface area contributed by atoms with Gasteiger partial charge in [-0.05, 0) is 29.9 Å². The van der Waals surface area contributed by atoms with Crippen molar-refractivity contribution < 1.29 is 19.5 Å². The molecule has 1 atom stereocenters. The minimum atomic E-state index is -1.17. The predicted octanol–water partition coefficient (Wildman–Crippen LogP) is 0.534. The first-order valence-corrected chi connectivity index (χ1v) is 7.47. The molecular formula is C13H17N3O4S. The number of nitrogens with two attached hydrogens (primary N) is 1. The first-order valence-electron chi connectivity index (χ1n) is 6.59. The maximum absolute atomic E-state index is 12.1. The number of carbonyl (C=O) groups excluding carboxylic acids is 2. The van der Waals surface area contributed by atoms with Crippen LogP contribution in [0.15, 0.2) is 11.4 Å². The molecule has 1 aliphatic rings. The van der Waals surface area contributed by atoms with E-state index in [4.69, 9.17) is 10.8 Å². The van der Waals surface area contributed by atoms with Gasteiger partial charge < -0.3 is 21.1 Å². The van der Waals surface area contributed by atoms with Crippen molar-refractivity contribution in [3.63, 3.8) is 0 Å². The molecule has 21 heavy (non-hydrogen) atoms. The summed E-state index contributed by atoms with van der Waals surface area (Å²) in [5, 5.41) is 13.5. The number of carbonyl (C=O) groups is 3. The normalized spacial score (nSPS) is 15.1. The van der Waals surface area contributed by atoms with E-state index in [1.54, 1.807) is 16.2 Å². The number of carboxylic acids is 1. The summed E-state index contributed by atoms with van der Waals surface area (Å²) in [6.07, 6.45) is 0.694. The molecule has 2 heterocycles. The van der Waals surface area contributed by atoms with Gasteiger partial charge in [0.05, 0.1) is 0 Å². The van der Waals surface area contributed by atoms with E-state index in [9.17, 15) is 14.4 Å². The Bertz CT molecular complexity index is 557. The third-order valence-corrected chi connectivity index (χ3v) is 4.39. The van der Waals surface area contributed by atoms with Crippen molar-refractivity contribution in [3.05, 3.63) is 21.9 Å². The molecule has 0 saturated carbocycles. The van der Waals surface area contributed by atoms with Crippen LogP contribution >= 0.6 is 11.3 Å². The molecule has 3 amide bonds. The van der Waals surface area contributed by atoms with E-state index in [2.05, 4.69) is 5.32 Å². The quantitative estimate of drug-likeness (QED) is 0.736. The number of nitrogens with zero attached hydrogens (tertiary/aromatic N) is 1. The van der Waals surface area contributed by atoms with E-state index in [0.717, 1.165) is 12.0 Å². The number of urea groups is 1. The smallest absolute Gasteiger partial charge is 0.326 e. The van der Waals surface area contributed by atoms with Gasteiger partial charge in [0.2, 0.25) is 5.91 Å². The lowest BCUT2D eigenvalue weighted by Crippen LogP contribution is -2.49. The summed E-state index contributed by atoms with van der Waals surface area (Å²) >= 11 is 1.67. The molecule has 1 aromatic rings. The van der Waals surface area contributed by atoms with Gasteiger partial charge in [0.25, 0.3) is 0 Å².